The highest BCUT2D eigenvalue weighted by atomic mass is 16.5. The van der Waals surface area contributed by atoms with E-state index in [4.69, 9.17) is 4.74 Å². The van der Waals surface area contributed by atoms with Crippen molar-refractivity contribution in [2.75, 3.05) is 0 Å². The van der Waals surface area contributed by atoms with Gasteiger partial charge in [-0.2, -0.15) is 0 Å². The van der Waals surface area contributed by atoms with Crippen molar-refractivity contribution in [3.05, 3.63) is 24.0 Å². The second-order valence-corrected chi connectivity index (χ2v) is 5.43. The van der Waals surface area contributed by atoms with Crippen molar-refractivity contribution in [3.63, 3.8) is 0 Å². The average molecular weight is 233 g/mol. The molecule has 2 fully saturated rings. The monoisotopic (exact) mass is 233 g/mol. The van der Waals surface area contributed by atoms with E-state index >= 15 is 0 Å². The van der Waals surface area contributed by atoms with Crippen molar-refractivity contribution in [1.82, 2.24) is 4.57 Å². The zero-order valence-corrected chi connectivity index (χ0v) is 10.1. The van der Waals surface area contributed by atoms with Gasteiger partial charge >= 0.3 is 0 Å². The molecule has 17 heavy (non-hydrogen) atoms. The Hall–Kier alpha value is -1.09. The highest BCUT2D eigenvalue weighted by Gasteiger charge is 2.41. The molecule has 1 unspecified atom stereocenters. The summed E-state index contributed by atoms with van der Waals surface area (Å²) in [7, 11) is 0. The average Bonchev–Trinajstić information content (AvgIpc) is 3.03. The fourth-order valence-corrected chi connectivity index (χ4v) is 3.29. The SMILES string of the molecule is O=Cc1ccn(CC2CCC3(CCCC3)O2)c1. The lowest BCUT2D eigenvalue weighted by molar-refractivity contribution is -0.0417. The predicted molar refractivity (Wildman–Crippen MR) is 65.1 cm³/mol. The first-order chi connectivity index (χ1) is 8.30. The Morgan fingerprint density at radius 2 is 2.24 bits per heavy atom. The summed E-state index contributed by atoms with van der Waals surface area (Å²) < 4.78 is 8.32. The Bertz CT molecular complexity index is 404. The molecule has 1 aliphatic heterocycles. The summed E-state index contributed by atoms with van der Waals surface area (Å²) in [5.41, 5.74) is 0.962. The van der Waals surface area contributed by atoms with E-state index in [2.05, 4.69) is 4.57 Å². The van der Waals surface area contributed by atoms with Crippen molar-refractivity contribution in [1.29, 1.82) is 0 Å². The number of carbonyl (C=O) groups is 1. The lowest BCUT2D eigenvalue weighted by atomic mass is 9.98. The lowest BCUT2D eigenvalue weighted by Crippen LogP contribution is -2.26. The molecule has 0 bridgehead atoms. The zero-order valence-electron chi connectivity index (χ0n) is 10.1. The molecule has 0 amide bonds. The van der Waals surface area contributed by atoms with Gasteiger partial charge in [0.1, 0.15) is 0 Å². The number of aromatic nitrogens is 1. The van der Waals surface area contributed by atoms with Crippen LogP contribution in [-0.2, 0) is 11.3 Å². The molecule has 1 saturated heterocycles. The van der Waals surface area contributed by atoms with Crippen LogP contribution < -0.4 is 0 Å². The van der Waals surface area contributed by atoms with Crippen LogP contribution >= 0.6 is 0 Å². The third-order valence-corrected chi connectivity index (χ3v) is 4.18. The smallest absolute Gasteiger partial charge is 0.151 e. The Morgan fingerprint density at radius 1 is 1.41 bits per heavy atom. The summed E-state index contributed by atoms with van der Waals surface area (Å²) in [6, 6.07) is 1.85. The van der Waals surface area contributed by atoms with Gasteiger partial charge in [-0.15, -0.1) is 0 Å². The molecule has 2 heterocycles. The van der Waals surface area contributed by atoms with Gasteiger partial charge in [-0.1, -0.05) is 12.8 Å². The number of nitrogens with zero attached hydrogens (tertiary/aromatic N) is 1. The molecule has 3 heteroatoms. The maximum Gasteiger partial charge on any atom is 0.151 e. The fraction of sp³-hybridized carbons (Fsp3) is 0.643. The van der Waals surface area contributed by atoms with Crippen LogP contribution in [0.3, 0.4) is 0 Å². The van der Waals surface area contributed by atoms with Gasteiger partial charge in [-0.25, -0.2) is 0 Å². The van der Waals surface area contributed by atoms with E-state index in [0.29, 0.717) is 6.10 Å². The maximum absolute atomic E-state index is 10.6. The summed E-state index contributed by atoms with van der Waals surface area (Å²) in [5.74, 6) is 0. The number of carbonyl (C=O) groups excluding carboxylic acids is 1. The molecule has 92 valence electrons. The molecule has 1 aromatic heterocycles. The third kappa shape index (κ3) is 2.16. The van der Waals surface area contributed by atoms with E-state index in [1.165, 1.54) is 32.1 Å². The van der Waals surface area contributed by atoms with Crippen LogP contribution in [0.15, 0.2) is 18.5 Å². The molecule has 1 aliphatic carbocycles. The first-order valence-corrected chi connectivity index (χ1v) is 6.58. The summed E-state index contributed by atoms with van der Waals surface area (Å²) in [6.07, 6.45) is 12.6. The van der Waals surface area contributed by atoms with Crippen molar-refractivity contribution in [2.24, 2.45) is 0 Å². The van der Waals surface area contributed by atoms with Crippen LogP contribution in [-0.4, -0.2) is 22.6 Å². The van der Waals surface area contributed by atoms with Gasteiger partial charge in [-0.05, 0) is 31.7 Å². The van der Waals surface area contributed by atoms with Gasteiger partial charge in [0, 0.05) is 24.5 Å². The van der Waals surface area contributed by atoms with Gasteiger partial charge < -0.3 is 9.30 Å². The third-order valence-electron chi connectivity index (χ3n) is 4.18. The van der Waals surface area contributed by atoms with Crippen LogP contribution in [0.25, 0.3) is 0 Å². The topological polar surface area (TPSA) is 31.2 Å². The largest absolute Gasteiger partial charge is 0.370 e. The molecule has 1 atom stereocenters. The van der Waals surface area contributed by atoms with E-state index in [0.717, 1.165) is 24.8 Å². The number of hydrogen-bond donors (Lipinski definition) is 0. The van der Waals surface area contributed by atoms with Crippen molar-refractivity contribution < 1.29 is 9.53 Å². The van der Waals surface area contributed by atoms with Gasteiger partial charge in [0.25, 0.3) is 0 Å². The molecule has 1 saturated carbocycles. The van der Waals surface area contributed by atoms with Crippen LogP contribution in [0.5, 0.6) is 0 Å². The number of rotatable bonds is 3. The number of aldehydes is 1. The highest BCUT2D eigenvalue weighted by Crippen LogP contribution is 2.43. The summed E-state index contributed by atoms with van der Waals surface area (Å²) in [5, 5.41) is 0. The van der Waals surface area contributed by atoms with Gasteiger partial charge in [-0.3, -0.25) is 4.79 Å². The van der Waals surface area contributed by atoms with Crippen LogP contribution in [0.4, 0.5) is 0 Å². The molecular weight excluding hydrogens is 214 g/mol. The second kappa shape index (κ2) is 4.30. The molecule has 2 aliphatic rings. The van der Waals surface area contributed by atoms with Crippen molar-refractivity contribution in [2.45, 2.75) is 56.8 Å². The van der Waals surface area contributed by atoms with Crippen LogP contribution in [0.1, 0.15) is 48.9 Å². The quantitative estimate of drug-likeness (QED) is 0.752. The standard InChI is InChI=1S/C14H19NO2/c16-11-12-4-8-15(9-12)10-13-3-7-14(17-13)5-1-2-6-14/h4,8-9,11,13H,1-3,5-7,10H2. The Balaban J connectivity index is 1.61. The molecule has 3 rings (SSSR count). The van der Waals surface area contributed by atoms with Crippen LogP contribution in [0, 0.1) is 0 Å². The number of ether oxygens (including phenoxy) is 1. The summed E-state index contributed by atoms with van der Waals surface area (Å²) in [4.78, 5) is 10.6. The first kappa shape index (κ1) is 11.0. The van der Waals surface area contributed by atoms with Crippen molar-refractivity contribution in [3.8, 4) is 0 Å². The van der Waals surface area contributed by atoms with E-state index in [9.17, 15) is 4.79 Å². The molecule has 0 N–H and O–H groups in total. The first-order valence-electron chi connectivity index (χ1n) is 6.58. The van der Waals surface area contributed by atoms with Gasteiger partial charge in [0.2, 0.25) is 0 Å². The molecule has 3 nitrogen and oxygen atoms in total. The minimum absolute atomic E-state index is 0.214. The molecule has 0 radical (unpaired) electrons. The maximum atomic E-state index is 10.6. The fourth-order valence-electron chi connectivity index (χ4n) is 3.29. The van der Waals surface area contributed by atoms with E-state index < -0.39 is 0 Å². The summed E-state index contributed by atoms with van der Waals surface area (Å²) >= 11 is 0. The Kier molecular flexibility index (Phi) is 2.79. The van der Waals surface area contributed by atoms with E-state index in [1.54, 1.807) is 0 Å². The minimum Gasteiger partial charge on any atom is -0.370 e. The minimum atomic E-state index is 0.214. The van der Waals surface area contributed by atoms with Gasteiger partial charge in [0.15, 0.2) is 6.29 Å². The van der Waals surface area contributed by atoms with Crippen molar-refractivity contribution >= 4 is 6.29 Å². The Morgan fingerprint density at radius 3 is 2.94 bits per heavy atom. The van der Waals surface area contributed by atoms with E-state index in [-0.39, 0.29) is 5.60 Å². The molecular formula is C14H19NO2. The Labute approximate surface area is 102 Å². The summed E-state index contributed by atoms with van der Waals surface area (Å²) in [6.45, 7) is 0.885. The number of hydrogen-bond acceptors (Lipinski definition) is 2. The van der Waals surface area contributed by atoms with Crippen LogP contribution in [0.2, 0.25) is 0 Å². The van der Waals surface area contributed by atoms with Gasteiger partial charge in [0.05, 0.1) is 11.7 Å². The molecule has 0 aromatic carbocycles. The normalized spacial score (nSPS) is 26.7. The lowest BCUT2D eigenvalue weighted by Gasteiger charge is -2.23. The van der Waals surface area contributed by atoms with E-state index in [1.807, 2.05) is 18.5 Å². The molecule has 1 spiro atoms. The predicted octanol–water partition coefficient (Wildman–Crippen LogP) is 2.79. The molecule has 1 aromatic rings. The highest BCUT2D eigenvalue weighted by molar-refractivity contribution is 5.74. The second-order valence-electron chi connectivity index (χ2n) is 5.43. The zero-order chi connectivity index (χ0) is 11.7.